The van der Waals surface area contributed by atoms with Crippen LogP contribution in [0, 0.1) is 5.41 Å². The molecule has 1 aliphatic rings. The van der Waals surface area contributed by atoms with E-state index in [9.17, 15) is 4.79 Å². The zero-order valence-electron chi connectivity index (χ0n) is 12.1. The summed E-state index contributed by atoms with van der Waals surface area (Å²) < 4.78 is 0. The number of carbonyl (C=O) groups excluding carboxylic acids is 1. The summed E-state index contributed by atoms with van der Waals surface area (Å²) in [7, 11) is 0. The summed E-state index contributed by atoms with van der Waals surface area (Å²) >= 11 is 0. The van der Waals surface area contributed by atoms with Crippen LogP contribution in [0.1, 0.15) is 44.4 Å². The van der Waals surface area contributed by atoms with Crippen molar-refractivity contribution in [1.82, 2.24) is 10.6 Å². The quantitative estimate of drug-likeness (QED) is 0.876. The van der Waals surface area contributed by atoms with Gasteiger partial charge < -0.3 is 10.6 Å². The Morgan fingerprint density at radius 3 is 2.84 bits per heavy atom. The third kappa shape index (κ3) is 4.06. The van der Waals surface area contributed by atoms with Crippen molar-refractivity contribution in [3.8, 4) is 0 Å². The van der Waals surface area contributed by atoms with Crippen molar-refractivity contribution in [2.24, 2.45) is 5.41 Å². The van der Waals surface area contributed by atoms with Crippen molar-refractivity contribution < 1.29 is 4.79 Å². The molecule has 1 heterocycles. The summed E-state index contributed by atoms with van der Waals surface area (Å²) in [5.41, 5.74) is 2.77. The standard InChI is InChI=1S/C16H24N2O/c1-16(2,3)10-15(19)18-11-14-13-7-5-4-6-12(13)8-9-17-14/h4-7,14,17H,8-11H2,1-3H3,(H,18,19). The molecule has 1 unspecified atom stereocenters. The molecule has 0 aromatic heterocycles. The van der Waals surface area contributed by atoms with Crippen LogP contribution >= 0.6 is 0 Å². The van der Waals surface area contributed by atoms with Crippen LogP contribution in [0.4, 0.5) is 0 Å². The number of amides is 1. The lowest BCUT2D eigenvalue weighted by molar-refractivity contribution is -0.122. The van der Waals surface area contributed by atoms with Crippen molar-refractivity contribution in [2.75, 3.05) is 13.1 Å². The average molecular weight is 260 g/mol. The first kappa shape index (κ1) is 14.1. The maximum Gasteiger partial charge on any atom is 0.220 e. The molecule has 3 nitrogen and oxygen atoms in total. The third-order valence-electron chi connectivity index (χ3n) is 3.41. The minimum atomic E-state index is 0.0436. The van der Waals surface area contributed by atoms with E-state index in [-0.39, 0.29) is 17.4 Å². The molecule has 0 spiro atoms. The highest BCUT2D eigenvalue weighted by Crippen LogP contribution is 2.22. The number of nitrogens with one attached hydrogen (secondary N) is 2. The van der Waals surface area contributed by atoms with Crippen molar-refractivity contribution in [3.63, 3.8) is 0 Å². The molecule has 1 aromatic rings. The number of rotatable bonds is 3. The van der Waals surface area contributed by atoms with Crippen LogP contribution in [-0.4, -0.2) is 19.0 Å². The van der Waals surface area contributed by atoms with E-state index < -0.39 is 0 Å². The van der Waals surface area contributed by atoms with Crippen LogP contribution in [-0.2, 0) is 11.2 Å². The van der Waals surface area contributed by atoms with Crippen molar-refractivity contribution in [3.05, 3.63) is 35.4 Å². The molecule has 0 saturated heterocycles. The fraction of sp³-hybridized carbons (Fsp3) is 0.562. The molecule has 1 amide bonds. The van der Waals surface area contributed by atoms with Crippen molar-refractivity contribution >= 4 is 5.91 Å². The van der Waals surface area contributed by atoms with Gasteiger partial charge in [0.25, 0.3) is 0 Å². The largest absolute Gasteiger partial charge is 0.354 e. The maximum atomic E-state index is 11.9. The van der Waals surface area contributed by atoms with Gasteiger partial charge in [-0.1, -0.05) is 45.0 Å². The molecule has 0 fully saturated rings. The Balaban J connectivity index is 1.93. The Bertz CT molecular complexity index is 448. The van der Waals surface area contributed by atoms with Crippen LogP contribution < -0.4 is 10.6 Å². The van der Waals surface area contributed by atoms with Crippen LogP contribution in [0.5, 0.6) is 0 Å². The monoisotopic (exact) mass is 260 g/mol. The summed E-state index contributed by atoms with van der Waals surface area (Å²) in [5, 5.41) is 6.53. The second-order valence-electron chi connectivity index (χ2n) is 6.50. The molecule has 0 bridgehead atoms. The molecular formula is C16H24N2O. The van der Waals surface area contributed by atoms with E-state index in [0.29, 0.717) is 13.0 Å². The van der Waals surface area contributed by atoms with Gasteiger partial charge in [-0.3, -0.25) is 4.79 Å². The van der Waals surface area contributed by atoms with Crippen LogP contribution in [0.15, 0.2) is 24.3 Å². The van der Waals surface area contributed by atoms with Crippen LogP contribution in [0.3, 0.4) is 0 Å². The molecular weight excluding hydrogens is 236 g/mol. The predicted molar refractivity (Wildman–Crippen MR) is 78.0 cm³/mol. The maximum absolute atomic E-state index is 11.9. The van der Waals surface area contributed by atoms with E-state index in [4.69, 9.17) is 0 Å². The number of carbonyl (C=O) groups is 1. The molecule has 1 aliphatic heterocycles. The van der Waals surface area contributed by atoms with E-state index in [1.165, 1.54) is 11.1 Å². The summed E-state index contributed by atoms with van der Waals surface area (Å²) in [6.07, 6.45) is 1.64. The van der Waals surface area contributed by atoms with E-state index >= 15 is 0 Å². The summed E-state index contributed by atoms with van der Waals surface area (Å²) in [6.45, 7) is 7.91. The highest BCUT2D eigenvalue weighted by Gasteiger charge is 2.21. The fourth-order valence-corrected chi connectivity index (χ4v) is 2.54. The first-order valence-corrected chi connectivity index (χ1v) is 7.03. The summed E-state index contributed by atoms with van der Waals surface area (Å²) in [5.74, 6) is 0.136. The van der Waals surface area contributed by atoms with Gasteiger partial charge in [0, 0.05) is 19.0 Å². The lowest BCUT2D eigenvalue weighted by Crippen LogP contribution is -2.39. The van der Waals surface area contributed by atoms with Crippen LogP contribution in [0.2, 0.25) is 0 Å². The molecule has 2 N–H and O–H groups in total. The van der Waals surface area contributed by atoms with Gasteiger partial charge in [0.05, 0.1) is 0 Å². The lowest BCUT2D eigenvalue weighted by Gasteiger charge is -2.27. The molecule has 0 saturated carbocycles. The molecule has 0 radical (unpaired) electrons. The molecule has 1 aromatic carbocycles. The van der Waals surface area contributed by atoms with E-state index in [1.54, 1.807) is 0 Å². The van der Waals surface area contributed by atoms with E-state index in [0.717, 1.165) is 13.0 Å². The zero-order chi connectivity index (χ0) is 13.9. The van der Waals surface area contributed by atoms with Gasteiger partial charge in [0.15, 0.2) is 0 Å². The van der Waals surface area contributed by atoms with Gasteiger partial charge in [0.2, 0.25) is 5.91 Å². The predicted octanol–water partition coefficient (Wildman–Crippen LogP) is 2.43. The number of hydrogen-bond acceptors (Lipinski definition) is 2. The molecule has 1 atom stereocenters. The Labute approximate surface area is 115 Å². The van der Waals surface area contributed by atoms with Gasteiger partial charge in [-0.05, 0) is 29.5 Å². The van der Waals surface area contributed by atoms with Gasteiger partial charge in [-0.15, -0.1) is 0 Å². The Kier molecular flexibility index (Phi) is 4.25. The first-order valence-electron chi connectivity index (χ1n) is 7.03. The Hall–Kier alpha value is -1.35. The molecule has 3 heteroatoms. The highest BCUT2D eigenvalue weighted by molar-refractivity contribution is 5.76. The van der Waals surface area contributed by atoms with E-state index in [2.05, 4.69) is 55.7 Å². The van der Waals surface area contributed by atoms with Gasteiger partial charge in [0.1, 0.15) is 0 Å². The minimum absolute atomic E-state index is 0.0436. The number of benzene rings is 1. The second-order valence-corrected chi connectivity index (χ2v) is 6.50. The summed E-state index contributed by atoms with van der Waals surface area (Å²) in [4.78, 5) is 11.9. The molecule has 19 heavy (non-hydrogen) atoms. The third-order valence-corrected chi connectivity index (χ3v) is 3.41. The average Bonchev–Trinajstić information content (AvgIpc) is 2.34. The van der Waals surface area contributed by atoms with Crippen LogP contribution in [0.25, 0.3) is 0 Å². The van der Waals surface area contributed by atoms with Crippen molar-refractivity contribution in [1.29, 1.82) is 0 Å². The van der Waals surface area contributed by atoms with Crippen molar-refractivity contribution in [2.45, 2.75) is 39.7 Å². The SMILES string of the molecule is CC(C)(C)CC(=O)NCC1NCCc2ccccc21. The number of fused-ring (bicyclic) bond motifs is 1. The van der Waals surface area contributed by atoms with E-state index in [1.807, 2.05) is 0 Å². The topological polar surface area (TPSA) is 41.1 Å². The second kappa shape index (κ2) is 5.74. The molecule has 2 rings (SSSR count). The fourth-order valence-electron chi connectivity index (χ4n) is 2.54. The number of hydrogen-bond donors (Lipinski definition) is 2. The van der Waals surface area contributed by atoms with Gasteiger partial charge >= 0.3 is 0 Å². The van der Waals surface area contributed by atoms with Gasteiger partial charge in [-0.2, -0.15) is 0 Å². The first-order chi connectivity index (χ1) is 8.96. The smallest absolute Gasteiger partial charge is 0.220 e. The minimum Gasteiger partial charge on any atom is -0.354 e. The highest BCUT2D eigenvalue weighted by atomic mass is 16.1. The molecule has 0 aliphatic carbocycles. The zero-order valence-corrected chi connectivity index (χ0v) is 12.1. The summed E-state index contributed by atoms with van der Waals surface area (Å²) in [6, 6.07) is 8.73. The lowest BCUT2D eigenvalue weighted by atomic mass is 9.91. The Morgan fingerprint density at radius 2 is 2.11 bits per heavy atom. The Morgan fingerprint density at radius 1 is 1.37 bits per heavy atom. The van der Waals surface area contributed by atoms with Gasteiger partial charge in [-0.25, -0.2) is 0 Å². The molecule has 104 valence electrons. The normalized spacial score (nSPS) is 18.8.